The molecule has 2 N–H and O–H groups in total. The molecule has 1 aromatic heterocycles. The molecule has 2 amide bonds. The molecule has 1 aromatic carbocycles. The first-order valence-corrected chi connectivity index (χ1v) is 9.44. The number of carbonyl (C=O) groups excluding carboxylic acids is 2. The van der Waals surface area contributed by atoms with Crippen LogP contribution in [0.4, 0.5) is 14.6 Å². The van der Waals surface area contributed by atoms with E-state index >= 15 is 0 Å². The van der Waals surface area contributed by atoms with Crippen LogP contribution in [-0.4, -0.2) is 29.9 Å². The Morgan fingerprint density at radius 1 is 1.17 bits per heavy atom. The molecule has 1 saturated carbocycles. The molecule has 0 aliphatic heterocycles. The number of methoxy groups -OCH3 is 1. The second kappa shape index (κ2) is 8.98. The molecule has 1 aliphatic carbocycles. The van der Waals surface area contributed by atoms with Crippen molar-refractivity contribution in [1.29, 1.82) is 0 Å². The number of pyridine rings is 1. The summed E-state index contributed by atoms with van der Waals surface area (Å²) in [6.07, 6.45) is 3.94. The number of aromatic nitrogens is 1. The molecule has 0 spiro atoms. The van der Waals surface area contributed by atoms with Gasteiger partial charge in [0.2, 0.25) is 11.8 Å². The lowest BCUT2D eigenvalue weighted by Crippen LogP contribution is -2.40. The second-order valence-corrected chi connectivity index (χ2v) is 7.14. The van der Waals surface area contributed by atoms with Gasteiger partial charge in [-0.2, -0.15) is 0 Å². The highest BCUT2D eigenvalue weighted by Gasteiger charge is 2.28. The van der Waals surface area contributed by atoms with E-state index in [1.807, 2.05) is 0 Å². The molecule has 3 rings (SSSR count). The van der Waals surface area contributed by atoms with E-state index in [1.165, 1.54) is 32.2 Å². The van der Waals surface area contributed by atoms with Gasteiger partial charge < -0.3 is 15.4 Å². The van der Waals surface area contributed by atoms with Crippen LogP contribution in [-0.2, 0) is 9.59 Å². The van der Waals surface area contributed by atoms with Crippen molar-refractivity contribution < 1.29 is 23.1 Å². The monoisotopic (exact) mass is 403 g/mol. The van der Waals surface area contributed by atoms with Crippen molar-refractivity contribution >= 4 is 17.6 Å². The summed E-state index contributed by atoms with van der Waals surface area (Å²) in [5, 5.41) is 5.58. The predicted octanol–water partition coefficient (Wildman–Crippen LogP) is 3.67. The van der Waals surface area contributed by atoms with Crippen LogP contribution < -0.4 is 15.4 Å². The molecule has 154 valence electrons. The molecular weight excluding hydrogens is 380 g/mol. The van der Waals surface area contributed by atoms with E-state index in [0.717, 1.165) is 25.1 Å². The molecule has 29 heavy (non-hydrogen) atoms. The highest BCUT2D eigenvalue weighted by Crippen LogP contribution is 2.33. The molecule has 8 heteroatoms. The smallest absolute Gasteiger partial charge is 0.228 e. The van der Waals surface area contributed by atoms with Crippen LogP contribution in [0.5, 0.6) is 5.75 Å². The maximum Gasteiger partial charge on any atom is 0.228 e. The number of benzene rings is 1. The van der Waals surface area contributed by atoms with Gasteiger partial charge in [0.05, 0.1) is 13.3 Å². The van der Waals surface area contributed by atoms with Gasteiger partial charge in [0.1, 0.15) is 23.2 Å². The molecular formula is C21H23F2N3O3. The molecule has 1 heterocycles. The number of ether oxygens (including phenoxy) is 1. The Morgan fingerprint density at radius 2 is 1.97 bits per heavy atom. The average Bonchev–Trinajstić information content (AvgIpc) is 2.69. The average molecular weight is 403 g/mol. The van der Waals surface area contributed by atoms with Gasteiger partial charge in [-0.05, 0) is 37.5 Å². The van der Waals surface area contributed by atoms with E-state index < -0.39 is 11.6 Å². The van der Waals surface area contributed by atoms with Gasteiger partial charge in [0.25, 0.3) is 0 Å². The Kier molecular flexibility index (Phi) is 6.41. The molecule has 0 radical (unpaired) electrons. The van der Waals surface area contributed by atoms with Crippen LogP contribution in [0.3, 0.4) is 0 Å². The van der Waals surface area contributed by atoms with Gasteiger partial charge in [-0.3, -0.25) is 9.59 Å². The summed E-state index contributed by atoms with van der Waals surface area (Å²) >= 11 is 0. The van der Waals surface area contributed by atoms with E-state index in [1.54, 1.807) is 0 Å². The fraction of sp³-hybridized carbons (Fsp3) is 0.381. The maximum atomic E-state index is 14.4. The van der Waals surface area contributed by atoms with Gasteiger partial charge in [0.15, 0.2) is 0 Å². The van der Waals surface area contributed by atoms with Crippen molar-refractivity contribution in [2.24, 2.45) is 5.92 Å². The van der Waals surface area contributed by atoms with Gasteiger partial charge in [-0.1, -0.05) is 6.42 Å². The fourth-order valence-corrected chi connectivity index (χ4v) is 3.68. The minimum absolute atomic E-state index is 0.0304. The molecule has 0 saturated heterocycles. The Balaban J connectivity index is 1.78. The molecule has 1 fully saturated rings. The van der Waals surface area contributed by atoms with Crippen molar-refractivity contribution in [3.05, 3.63) is 42.1 Å². The number of hydrogen-bond donors (Lipinski definition) is 2. The summed E-state index contributed by atoms with van der Waals surface area (Å²) in [5.41, 5.74) is 0.500. The van der Waals surface area contributed by atoms with Crippen LogP contribution in [0.15, 0.2) is 30.5 Å². The molecule has 6 nitrogen and oxygen atoms in total. The zero-order valence-corrected chi connectivity index (χ0v) is 16.3. The summed E-state index contributed by atoms with van der Waals surface area (Å²) < 4.78 is 33.0. The third kappa shape index (κ3) is 5.07. The zero-order chi connectivity index (χ0) is 21.0. The van der Waals surface area contributed by atoms with Gasteiger partial charge in [0, 0.05) is 36.1 Å². The topological polar surface area (TPSA) is 80.3 Å². The lowest BCUT2D eigenvalue weighted by Gasteiger charge is -2.28. The van der Waals surface area contributed by atoms with Crippen LogP contribution in [0.1, 0.15) is 32.6 Å². The number of carbonyl (C=O) groups is 2. The number of anilines is 1. The number of halogens is 2. The Morgan fingerprint density at radius 3 is 2.69 bits per heavy atom. The number of amides is 2. The van der Waals surface area contributed by atoms with Crippen molar-refractivity contribution in [1.82, 2.24) is 10.3 Å². The second-order valence-electron chi connectivity index (χ2n) is 7.14. The number of rotatable bonds is 5. The zero-order valence-electron chi connectivity index (χ0n) is 16.3. The van der Waals surface area contributed by atoms with Crippen molar-refractivity contribution in [3.63, 3.8) is 0 Å². The standard InChI is InChI=1S/C21H23F2N3O3/c1-12(27)25-15-5-3-4-13(8-15)21(28)26-20-10-17(18(23)11-24-20)16-7-6-14(22)9-19(16)29-2/h6-7,9-11,13,15H,3-5,8H2,1-2H3,(H,25,27)(H,24,26,28). The lowest BCUT2D eigenvalue weighted by molar-refractivity contribution is -0.123. The van der Waals surface area contributed by atoms with Crippen LogP contribution in [0.2, 0.25) is 0 Å². The van der Waals surface area contributed by atoms with Gasteiger partial charge in [-0.15, -0.1) is 0 Å². The largest absolute Gasteiger partial charge is 0.496 e. The molecule has 2 atom stereocenters. The lowest BCUT2D eigenvalue weighted by atomic mass is 9.85. The summed E-state index contributed by atoms with van der Waals surface area (Å²) in [4.78, 5) is 27.9. The van der Waals surface area contributed by atoms with E-state index in [-0.39, 0.29) is 40.9 Å². The molecule has 0 bridgehead atoms. The third-order valence-electron chi connectivity index (χ3n) is 5.01. The van der Waals surface area contributed by atoms with Gasteiger partial charge >= 0.3 is 0 Å². The minimum Gasteiger partial charge on any atom is -0.496 e. The van der Waals surface area contributed by atoms with E-state index in [9.17, 15) is 18.4 Å². The Hall–Kier alpha value is -3.03. The van der Waals surface area contributed by atoms with Crippen molar-refractivity contribution in [2.45, 2.75) is 38.6 Å². The first kappa shape index (κ1) is 20.7. The highest BCUT2D eigenvalue weighted by atomic mass is 19.1. The van der Waals surface area contributed by atoms with Crippen LogP contribution in [0.25, 0.3) is 11.1 Å². The normalized spacial score (nSPS) is 18.8. The summed E-state index contributed by atoms with van der Waals surface area (Å²) in [7, 11) is 1.37. The van der Waals surface area contributed by atoms with E-state index in [2.05, 4.69) is 15.6 Å². The van der Waals surface area contributed by atoms with Crippen molar-refractivity contribution in [2.75, 3.05) is 12.4 Å². The minimum atomic E-state index is -0.615. The Labute approximate surface area is 167 Å². The Bertz CT molecular complexity index is 920. The molecule has 2 aromatic rings. The highest BCUT2D eigenvalue weighted by molar-refractivity contribution is 5.92. The number of hydrogen-bond acceptors (Lipinski definition) is 4. The predicted molar refractivity (Wildman–Crippen MR) is 104 cm³/mol. The summed E-state index contributed by atoms with van der Waals surface area (Å²) in [5.74, 6) is -1.35. The molecule has 1 aliphatic rings. The summed E-state index contributed by atoms with van der Waals surface area (Å²) in [6, 6.07) is 5.16. The first-order valence-electron chi connectivity index (χ1n) is 9.44. The van der Waals surface area contributed by atoms with Crippen LogP contribution in [0, 0.1) is 17.6 Å². The van der Waals surface area contributed by atoms with E-state index in [0.29, 0.717) is 18.4 Å². The number of nitrogens with one attached hydrogen (secondary N) is 2. The molecule has 2 unspecified atom stereocenters. The first-order chi connectivity index (χ1) is 13.9. The van der Waals surface area contributed by atoms with Gasteiger partial charge in [-0.25, -0.2) is 13.8 Å². The SMILES string of the molecule is COc1cc(F)ccc1-c1cc(NC(=O)C2CCCC(NC(C)=O)C2)ncc1F. The quantitative estimate of drug-likeness (QED) is 0.798. The third-order valence-corrected chi connectivity index (χ3v) is 5.01. The maximum absolute atomic E-state index is 14.4. The van der Waals surface area contributed by atoms with E-state index in [4.69, 9.17) is 4.74 Å². The summed E-state index contributed by atoms with van der Waals surface area (Å²) in [6.45, 7) is 1.46. The fourth-order valence-electron chi connectivity index (χ4n) is 3.68. The van der Waals surface area contributed by atoms with Crippen molar-refractivity contribution in [3.8, 4) is 16.9 Å². The van der Waals surface area contributed by atoms with Crippen LogP contribution >= 0.6 is 0 Å². The number of nitrogens with zero attached hydrogens (tertiary/aromatic N) is 1.